The summed E-state index contributed by atoms with van der Waals surface area (Å²) in [7, 11) is 1.64. The first-order chi connectivity index (χ1) is 5.83. The molecule has 0 unspecified atom stereocenters. The van der Waals surface area contributed by atoms with Crippen LogP contribution in [0.3, 0.4) is 0 Å². The maximum atomic E-state index is 5.27. The molecule has 0 saturated carbocycles. The van der Waals surface area contributed by atoms with Gasteiger partial charge in [0.25, 0.3) is 0 Å². The van der Waals surface area contributed by atoms with Gasteiger partial charge in [0.15, 0.2) is 0 Å². The summed E-state index contributed by atoms with van der Waals surface area (Å²) in [5.41, 5.74) is 1.13. The Hall–Kier alpha value is -1.09. The van der Waals surface area contributed by atoms with Crippen molar-refractivity contribution in [3.05, 3.63) is 23.9 Å². The van der Waals surface area contributed by atoms with Crippen LogP contribution in [0.4, 0.5) is 0 Å². The molecule has 0 N–H and O–H groups in total. The second kappa shape index (κ2) is 4.72. The summed E-state index contributed by atoms with van der Waals surface area (Å²) in [6.07, 6.45) is 1.78. The van der Waals surface area contributed by atoms with E-state index in [-0.39, 0.29) is 0 Å². The summed E-state index contributed by atoms with van der Waals surface area (Å²) in [6.45, 7) is 3.13. The predicted molar refractivity (Wildman–Crippen MR) is 46.3 cm³/mol. The number of aromatic nitrogens is 1. The first-order valence-electron chi connectivity index (χ1n) is 3.87. The Morgan fingerprint density at radius 1 is 1.33 bits per heavy atom. The molecule has 1 rings (SSSR count). The molecular formula is C9H13NO2. The van der Waals surface area contributed by atoms with Crippen LogP contribution in [-0.2, 0) is 4.74 Å². The molecule has 0 aliphatic heterocycles. The number of pyridine rings is 1. The van der Waals surface area contributed by atoms with Crippen molar-refractivity contribution < 1.29 is 9.47 Å². The molecule has 3 heteroatoms. The van der Waals surface area contributed by atoms with Crippen molar-refractivity contribution in [3.63, 3.8) is 0 Å². The molecule has 0 saturated heterocycles. The minimum Gasteiger partial charge on any atom is -0.475 e. The molecule has 0 atom stereocenters. The van der Waals surface area contributed by atoms with Gasteiger partial charge in [-0.15, -0.1) is 0 Å². The first-order valence-corrected chi connectivity index (χ1v) is 3.87. The van der Waals surface area contributed by atoms with Crippen molar-refractivity contribution in [1.29, 1.82) is 0 Å². The second-order valence-corrected chi connectivity index (χ2v) is 2.52. The number of nitrogens with zero attached hydrogens (tertiary/aromatic N) is 1. The fourth-order valence-electron chi connectivity index (χ4n) is 0.769. The van der Waals surface area contributed by atoms with Crippen molar-refractivity contribution in [3.8, 4) is 5.88 Å². The average Bonchev–Trinajstić information content (AvgIpc) is 2.09. The maximum absolute atomic E-state index is 5.27. The van der Waals surface area contributed by atoms with E-state index in [1.54, 1.807) is 13.3 Å². The van der Waals surface area contributed by atoms with E-state index in [0.29, 0.717) is 19.1 Å². The first kappa shape index (κ1) is 9.00. The third kappa shape index (κ3) is 2.88. The van der Waals surface area contributed by atoms with Crippen molar-refractivity contribution in [2.45, 2.75) is 6.92 Å². The molecule has 0 bridgehead atoms. The van der Waals surface area contributed by atoms with Gasteiger partial charge in [0.1, 0.15) is 6.61 Å². The van der Waals surface area contributed by atoms with Crippen LogP contribution in [0.5, 0.6) is 5.88 Å². The number of hydrogen-bond donors (Lipinski definition) is 0. The van der Waals surface area contributed by atoms with Crippen molar-refractivity contribution in [2.24, 2.45) is 0 Å². The number of hydrogen-bond acceptors (Lipinski definition) is 3. The summed E-state index contributed by atoms with van der Waals surface area (Å²) in [5.74, 6) is 0.651. The van der Waals surface area contributed by atoms with Gasteiger partial charge in [-0.1, -0.05) is 6.07 Å². The topological polar surface area (TPSA) is 31.4 Å². The molecule has 0 aliphatic rings. The van der Waals surface area contributed by atoms with Gasteiger partial charge in [-0.05, 0) is 12.5 Å². The Balaban J connectivity index is 2.37. The molecule has 66 valence electrons. The van der Waals surface area contributed by atoms with Gasteiger partial charge in [0.2, 0.25) is 5.88 Å². The SMILES string of the molecule is COCCOc1ccc(C)cn1. The van der Waals surface area contributed by atoms with Crippen molar-refractivity contribution in [2.75, 3.05) is 20.3 Å². The fourth-order valence-corrected chi connectivity index (χ4v) is 0.769. The van der Waals surface area contributed by atoms with E-state index in [1.165, 1.54) is 0 Å². The highest BCUT2D eigenvalue weighted by Crippen LogP contribution is 2.05. The van der Waals surface area contributed by atoms with E-state index < -0.39 is 0 Å². The normalized spacial score (nSPS) is 9.83. The van der Waals surface area contributed by atoms with Gasteiger partial charge in [-0.3, -0.25) is 0 Å². The summed E-state index contributed by atoms with van der Waals surface area (Å²) < 4.78 is 10.1. The van der Waals surface area contributed by atoms with Crippen molar-refractivity contribution >= 4 is 0 Å². The summed E-state index contributed by atoms with van der Waals surface area (Å²) in [4.78, 5) is 4.07. The number of rotatable bonds is 4. The third-order valence-corrected chi connectivity index (χ3v) is 1.42. The molecule has 0 radical (unpaired) electrons. The number of methoxy groups -OCH3 is 1. The van der Waals surface area contributed by atoms with E-state index in [2.05, 4.69) is 4.98 Å². The Kier molecular flexibility index (Phi) is 3.54. The molecular weight excluding hydrogens is 154 g/mol. The Labute approximate surface area is 72.3 Å². The second-order valence-electron chi connectivity index (χ2n) is 2.52. The van der Waals surface area contributed by atoms with Crippen LogP contribution in [0.15, 0.2) is 18.3 Å². The predicted octanol–water partition coefficient (Wildman–Crippen LogP) is 1.42. The van der Waals surface area contributed by atoms with Gasteiger partial charge in [-0.25, -0.2) is 4.98 Å². The van der Waals surface area contributed by atoms with Gasteiger partial charge in [0.05, 0.1) is 6.61 Å². The van der Waals surface area contributed by atoms with Gasteiger partial charge in [0, 0.05) is 19.4 Å². The minimum absolute atomic E-state index is 0.548. The standard InChI is InChI=1S/C9H13NO2/c1-8-3-4-9(10-7-8)12-6-5-11-2/h3-4,7H,5-6H2,1-2H3. The molecule has 0 amide bonds. The molecule has 1 heterocycles. The highest BCUT2D eigenvalue weighted by molar-refractivity contribution is 5.16. The average molecular weight is 167 g/mol. The van der Waals surface area contributed by atoms with Crippen LogP contribution >= 0.6 is 0 Å². The van der Waals surface area contributed by atoms with Crippen molar-refractivity contribution in [1.82, 2.24) is 4.98 Å². The zero-order valence-electron chi connectivity index (χ0n) is 7.41. The van der Waals surface area contributed by atoms with Crippen LogP contribution in [0.1, 0.15) is 5.56 Å². The molecule has 0 aliphatic carbocycles. The lowest BCUT2D eigenvalue weighted by Gasteiger charge is -2.03. The van der Waals surface area contributed by atoms with Crippen LogP contribution < -0.4 is 4.74 Å². The third-order valence-electron chi connectivity index (χ3n) is 1.42. The molecule has 0 aromatic carbocycles. The van der Waals surface area contributed by atoms with Gasteiger partial charge in [-0.2, -0.15) is 0 Å². The summed E-state index contributed by atoms with van der Waals surface area (Å²) in [5, 5.41) is 0. The number of aryl methyl sites for hydroxylation is 1. The van der Waals surface area contributed by atoms with Crippen LogP contribution in [0, 0.1) is 6.92 Å². The van der Waals surface area contributed by atoms with Gasteiger partial charge >= 0.3 is 0 Å². The summed E-state index contributed by atoms with van der Waals surface area (Å²) >= 11 is 0. The molecule has 0 spiro atoms. The maximum Gasteiger partial charge on any atom is 0.213 e. The van der Waals surface area contributed by atoms with Gasteiger partial charge < -0.3 is 9.47 Å². The Morgan fingerprint density at radius 2 is 2.17 bits per heavy atom. The van der Waals surface area contributed by atoms with Crippen LogP contribution in [-0.4, -0.2) is 25.3 Å². The highest BCUT2D eigenvalue weighted by atomic mass is 16.5. The molecule has 3 nitrogen and oxygen atoms in total. The lowest BCUT2D eigenvalue weighted by Crippen LogP contribution is -2.05. The zero-order chi connectivity index (χ0) is 8.81. The van der Waals surface area contributed by atoms with Crippen LogP contribution in [0.25, 0.3) is 0 Å². The zero-order valence-corrected chi connectivity index (χ0v) is 7.41. The molecule has 1 aromatic rings. The lowest BCUT2D eigenvalue weighted by atomic mass is 10.3. The molecule has 12 heavy (non-hydrogen) atoms. The summed E-state index contributed by atoms with van der Waals surface area (Å²) in [6, 6.07) is 3.82. The largest absolute Gasteiger partial charge is 0.475 e. The monoisotopic (exact) mass is 167 g/mol. The molecule has 0 fully saturated rings. The Bertz CT molecular complexity index is 220. The Morgan fingerprint density at radius 3 is 2.75 bits per heavy atom. The lowest BCUT2D eigenvalue weighted by molar-refractivity contribution is 0.143. The van der Waals surface area contributed by atoms with E-state index in [0.717, 1.165) is 5.56 Å². The smallest absolute Gasteiger partial charge is 0.213 e. The number of ether oxygens (including phenoxy) is 2. The van der Waals surface area contributed by atoms with E-state index >= 15 is 0 Å². The molecule has 1 aromatic heterocycles. The van der Waals surface area contributed by atoms with E-state index in [4.69, 9.17) is 9.47 Å². The highest BCUT2D eigenvalue weighted by Gasteiger charge is 1.92. The van der Waals surface area contributed by atoms with E-state index in [1.807, 2.05) is 19.1 Å². The van der Waals surface area contributed by atoms with Crippen LogP contribution in [0.2, 0.25) is 0 Å². The fraction of sp³-hybridized carbons (Fsp3) is 0.444. The van der Waals surface area contributed by atoms with E-state index in [9.17, 15) is 0 Å². The quantitative estimate of drug-likeness (QED) is 0.635. The minimum atomic E-state index is 0.548.